The third kappa shape index (κ3) is 3.51. The molecule has 0 bridgehead atoms. The molecule has 0 radical (unpaired) electrons. The summed E-state index contributed by atoms with van der Waals surface area (Å²) in [6, 6.07) is 17.5. The fourth-order valence-corrected chi connectivity index (χ4v) is 3.69. The second kappa shape index (κ2) is 7.00. The zero-order valence-electron chi connectivity index (χ0n) is 15.0. The van der Waals surface area contributed by atoms with Crippen molar-refractivity contribution in [1.82, 2.24) is 9.38 Å². The van der Waals surface area contributed by atoms with Gasteiger partial charge >= 0.3 is 0 Å². The van der Waals surface area contributed by atoms with Crippen LogP contribution in [0.3, 0.4) is 0 Å². The number of amides is 1. The van der Waals surface area contributed by atoms with Crippen LogP contribution in [-0.2, 0) is 0 Å². The van der Waals surface area contributed by atoms with Gasteiger partial charge < -0.3 is 9.72 Å². The number of anilines is 1. The van der Waals surface area contributed by atoms with Gasteiger partial charge in [-0.3, -0.25) is 4.79 Å². The monoisotopic (exact) mass is 419 g/mol. The lowest BCUT2D eigenvalue weighted by molar-refractivity contribution is 0.102. The summed E-state index contributed by atoms with van der Waals surface area (Å²) in [5.41, 5.74) is 6.46. The molecule has 134 valence electrons. The van der Waals surface area contributed by atoms with Crippen molar-refractivity contribution >= 4 is 33.2 Å². The molecular weight excluding hydrogens is 402 g/mol. The molecular formula is C22H18BrN3O. The molecule has 0 spiro atoms. The van der Waals surface area contributed by atoms with Gasteiger partial charge in [0, 0.05) is 28.1 Å². The maximum absolute atomic E-state index is 12.5. The molecule has 2 aromatic carbocycles. The summed E-state index contributed by atoms with van der Waals surface area (Å²) in [7, 11) is 0. The van der Waals surface area contributed by atoms with E-state index in [9.17, 15) is 4.79 Å². The minimum absolute atomic E-state index is 0.141. The first kappa shape index (κ1) is 17.5. The Kier molecular flexibility index (Phi) is 4.54. The van der Waals surface area contributed by atoms with Crippen LogP contribution in [0.4, 0.5) is 5.69 Å². The third-order valence-electron chi connectivity index (χ3n) is 4.49. The number of imidazole rings is 1. The molecule has 2 aromatic heterocycles. The second-order valence-electron chi connectivity index (χ2n) is 6.56. The largest absolute Gasteiger partial charge is 0.322 e. The molecule has 4 rings (SSSR count). The Morgan fingerprint density at radius 3 is 2.56 bits per heavy atom. The van der Waals surface area contributed by atoms with E-state index >= 15 is 0 Å². The van der Waals surface area contributed by atoms with Gasteiger partial charge in [0.1, 0.15) is 5.65 Å². The molecule has 0 aliphatic carbocycles. The molecule has 0 aliphatic rings. The van der Waals surface area contributed by atoms with Gasteiger partial charge in [0.05, 0.1) is 11.3 Å². The highest BCUT2D eigenvalue weighted by atomic mass is 79.9. The lowest BCUT2D eigenvalue weighted by Crippen LogP contribution is -2.12. The first-order chi connectivity index (χ1) is 13.0. The normalized spacial score (nSPS) is 10.9. The van der Waals surface area contributed by atoms with Crippen molar-refractivity contribution < 1.29 is 4.79 Å². The zero-order chi connectivity index (χ0) is 19.0. The summed E-state index contributed by atoms with van der Waals surface area (Å²) in [6.45, 7) is 4.04. The highest BCUT2D eigenvalue weighted by Crippen LogP contribution is 2.24. The molecule has 2 heterocycles. The minimum atomic E-state index is -0.141. The SMILES string of the molecule is Cc1ccc(C(=O)Nc2ccc(-c3cn4cccc(C)c4n3)cc2)c(Br)c1. The maximum Gasteiger partial charge on any atom is 0.256 e. The van der Waals surface area contributed by atoms with E-state index in [0.717, 1.165) is 38.2 Å². The molecule has 0 unspecified atom stereocenters. The number of halogens is 1. The Morgan fingerprint density at radius 2 is 1.85 bits per heavy atom. The number of fused-ring (bicyclic) bond motifs is 1. The van der Waals surface area contributed by atoms with Crippen LogP contribution in [0.15, 0.2) is 71.5 Å². The van der Waals surface area contributed by atoms with Crippen molar-refractivity contribution in [2.45, 2.75) is 13.8 Å². The van der Waals surface area contributed by atoms with Gasteiger partial charge in [0.15, 0.2) is 0 Å². The van der Waals surface area contributed by atoms with Gasteiger partial charge in [-0.2, -0.15) is 0 Å². The third-order valence-corrected chi connectivity index (χ3v) is 5.14. The Labute approximate surface area is 166 Å². The predicted molar refractivity (Wildman–Crippen MR) is 112 cm³/mol. The number of hydrogen-bond acceptors (Lipinski definition) is 2. The second-order valence-corrected chi connectivity index (χ2v) is 7.42. The van der Waals surface area contributed by atoms with E-state index in [2.05, 4.69) is 21.2 Å². The Hall–Kier alpha value is -2.92. The van der Waals surface area contributed by atoms with Gasteiger partial charge in [0.25, 0.3) is 5.91 Å². The number of carbonyl (C=O) groups is 1. The summed E-state index contributed by atoms with van der Waals surface area (Å²) in [5.74, 6) is -0.141. The zero-order valence-corrected chi connectivity index (χ0v) is 16.6. The number of benzene rings is 2. The number of nitrogens with zero attached hydrogens (tertiary/aromatic N) is 2. The molecule has 1 amide bonds. The molecule has 0 aliphatic heterocycles. The maximum atomic E-state index is 12.5. The highest BCUT2D eigenvalue weighted by Gasteiger charge is 2.11. The van der Waals surface area contributed by atoms with E-state index in [-0.39, 0.29) is 5.91 Å². The number of pyridine rings is 1. The summed E-state index contributed by atoms with van der Waals surface area (Å²) in [5, 5.41) is 2.94. The smallest absolute Gasteiger partial charge is 0.256 e. The van der Waals surface area contributed by atoms with Crippen molar-refractivity contribution in [3.05, 3.63) is 88.2 Å². The van der Waals surface area contributed by atoms with E-state index in [0.29, 0.717) is 5.56 Å². The van der Waals surface area contributed by atoms with Crippen LogP contribution in [0, 0.1) is 13.8 Å². The number of nitrogens with one attached hydrogen (secondary N) is 1. The minimum Gasteiger partial charge on any atom is -0.322 e. The van der Waals surface area contributed by atoms with E-state index < -0.39 is 0 Å². The highest BCUT2D eigenvalue weighted by molar-refractivity contribution is 9.10. The van der Waals surface area contributed by atoms with Gasteiger partial charge in [-0.15, -0.1) is 0 Å². The van der Waals surface area contributed by atoms with Crippen LogP contribution >= 0.6 is 15.9 Å². The van der Waals surface area contributed by atoms with Crippen molar-refractivity contribution in [3.8, 4) is 11.3 Å². The van der Waals surface area contributed by atoms with Crippen LogP contribution < -0.4 is 5.32 Å². The summed E-state index contributed by atoms with van der Waals surface area (Å²) >= 11 is 3.45. The predicted octanol–water partition coefficient (Wildman–Crippen LogP) is 5.63. The molecule has 1 N–H and O–H groups in total. The van der Waals surface area contributed by atoms with Crippen molar-refractivity contribution in [1.29, 1.82) is 0 Å². The summed E-state index contributed by atoms with van der Waals surface area (Å²) in [4.78, 5) is 17.2. The van der Waals surface area contributed by atoms with Crippen LogP contribution in [0.1, 0.15) is 21.5 Å². The van der Waals surface area contributed by atoms with Gasteiger partial charge in [-0.1, -0.05) is 24.3 Å². The van der Waals surface area contributed by atoms with Gasteiger partial charge in [0.2, 0.25) is 0 Å². The molecule has 4 nitrogen and oxygen atoms in total. The number of carbonyl (C=O) groups excluding carboxylic acids is 1. The average molecular weight is 420 g/mol. The first-order valence-electron chi connectivity index (χ1n) is 8.63. The van der Waals surface area contributed by atoms with Crippen LogP contribution in [0.2, 0.25) is 0 Å². The Bertz CT molecular complexity index is 1150. The van der Waals surface area contributed by atoms with E-state index in [4.69, 9.17) is 4.98 Å². The fourth-order valence-electron chi connectivity index (χ4n) is 3.02. The number of rotatable bonds is 3. The van der Waals surface area contributed by atoms with Crippen molar-refractivity contribution in [2.75, 3.05) is 5.32 Å². The van der Waals surface area contributed by atoms with Crippen molar-refractivity contribution in [2.24, 2.45) is 0 Å². The summed E-state index contributed by atoms with van der Waals surface area (Å²) in [6.07, 6.45) is 4.01. The first-order valence-corrected chi connectivity index (χ1v) is 9.43. The molecule has 0 atom stereocenters. The number of aromatic nitrogens is 2. The van der Waals surface area contributed by atoms with Crippen molar-refractivity contribution in [3.63, 3.8) is 0 Å². The van der Waals surface area contributed by atoms with Crippen LogP contribution in [0.25, 0.3) is 16.9 Å². The molecule has 0 saturated heterocycles. The molecule has 27 heavy (non-hydrogen) atoms. The molecule has 0 saturated carbocycles. The van der Waals surface area contributed by atoms with E-state index in [1.807, 2.05) is 85.2 Å². The Morgan fingerprint density at radius 1 is 1.07 bits per heavy atom. The standard InChI is InChI=1S/C22H18BrN3O/c1-14-5-10-18(19(23)12-14)22(27)24-17-8-6-16(7-9-17)20-13-26-11-3-4-15(2)21(26)25-20/h3-13H,1-2H3,(H,24,27). The van der Waals surface area contributed by atoms with E-state index in [1.165, 1.54) is 0 Å². The van der Waals surface area contributed by atoms with E-state index in [1.54, 1.807) is 0 Å². The quantitative estimate of drug-likeness (QED) is 0.467. The van der Waals surface area contributed by atoms with Crippen LogP contribution in [-0.4, -0.2) is 15.3 Å². The lowest BCUT2D eigenvalue weighted by atomic mass is 10.1. The lowest BCUT2D eigenvalue weighted by Gasteiger charge is -2.08. The fraction of sp³-hybridized carbons (Fsp3) is 0.0909. The molecule has 4 aromatic rings. The number of aryl methyl sites for hydroxylation is 2. The topological polar surface area (TPSA) is 46.4 Å². The van der Waals surface area contributed by atoms with Gasteiger partial charge in [-0.05, 0) is 71.2 Å². The molecule has 5 heteroatoms. The summed E-state index contributed by atoms with van der Waals surface area (Å²) < 4.78 is 2.81. The molecule has 0 fully saturated rings. The average Bonchev–Trinajstić information content (AvgIpc) is 3.08. The van der Waals surface area contributed by atoms with Crippen LogP contribution in [0.5, 0.6) is 0 Å². The Balaban J connectivity index is 1.56. The van der Waals surface area contributed by atoms with Gasteiger partial charge in [-0.25, -0.2) is 4.98 Å². The number of hydrogen-bond donors (Lipinski definition) is 1.